The lowest BCUT2D eigenvalue weighted by Crippen LogP contribution is -2.43. The van der Waals surface area contributed by atoms with Crippen molar-refractivity contribution in [2.45, 2.75) is 0 Å². The summed E-state index contributed by atoms with van der Waals surface area (Å²) in [7, 11) is 0. The van der Waals surface area contributed by atoms with Crippen LogP contribution in [0.1, 0.15) is 0 Å². The number of carbonyl (C=O) groups excluding carboxylic acids is 2. The minimum Gasteiger partial charge on any atom is -0.273 e. The first-order valence-corrected chi connectivity index (χ1v) is 6.39. The number of thioether (sulfide) groups is 1. The molecule has 0 radical (unpaired) electrons. The van der Waals surface area contributed by atoms with E-state index in [1.807, 2.05) is 0 Å². The Hall–Kier alpha value is -0.710. The van der Waals surface area contributed by atoms with Gasteiger partial charge in [-0.2, -0.15) is 0 Å². The summed E-state index contributed by atoms with van der Waals surface area (Å²) in [4.78, 5) is 24.4. The van der Waals surface area contributed by atoms with Gasteiger partial charge >= 0.3 is 0 Å². The molecule has 3 nitrogen and oxygen atoms in total. The molecule has 0 saturated carbocycles. The summed E-state index contributed by atoms with van der Waals surface area (Å²) in [5, 5.41) is 0.731. The van der Waals surface area contributed by atoms with E-state index in [0.29, 0.717) is 27.2 Å². The van der Waals surface area contributed by atoms with Gasteiger partial charge in [0.2, 0.25) is 11.8 Å². The Morgan fingerprint density at radius 3 is 2.25 bits per heavy atom. The van der Waals surface area contributed by atoms with Crippen molar-refractivity contribution < 1.29 is 9.59 Å². The van der Waals surface area contributed by atoms with Crippen molar-refractivity contribution in [3.8, 4) is 0 Å². The number of nitrogens with zero attached hydrogens (tertiary/aromatic N) is 1. The van der Waals surface area contributed by atoms with Crippen LogP contribution in [0.15, 0.2) is 18.2 Å². The zero-order chi connectivity index (χ0) is 11.7. The van der Waals surface area contributed by atoms with Crippen LogP contribution in [0.3, 0.4) is 0 Å². The van der Waals surface area contributed by atoms with Gasteiger partial charge < -0.3 is 0 Å². The first kappa shape index (κ1) is 11.8. The summed E-state index contributed by atoms with van der Waals surface area (Å²) in [6, 6.07) is 4.71. The highest BCUT2D eigenvalue weighted by molar-refractivity contribution is 8.00. The molecule has 1 fully saturated rings. The van der Waals surface area contributed by atoms with Crippen LogP contribution in [0.2, 0.25) is 10.0 Å². The highest BCUT2D eigenvalue weighted by atomic mass is 35.5. The van der Waals surface area contributed by atoms with Gasteiger partial charge in [-0.1, -0.05) is 23.2 Å². The molecule has 1 heterocycles. The summed E-state index contributed by atoms with van der Waals surface area (Å²) in [6.07, 6.45) is 0. The zero-order valence-corrected chi connectivity index (χ0v) is 10.4. The van der Waals surface area contributed by atoms with E-state index in [4.69, 9.17) is 23.2 Å². The molecule has 1 aromatic rings. The molecule has 1 saturated heterocycles. The Balaban J connectivity index is 2.38. The summed E-state index contributed by atoms with van der Waals surface area (Å²) in [6.45, 7) is 0. The topological polar surface area (TPSA) is 37.4 Å². The van der Waals surface area contributed by atoms with Gasteiger partial charge in [0.1, 0.15) is 0 Å². The monoisotopic (exact) mass is 275 g/mol. The van der Waals surface area contributed by atoms with Gasteiger partial charge in [0.25, 0.3) is 0 Å². The Bertz CT molecular complexity index is 448. The fraction of sp³-hybridized carbons (Fsp3) is 0.200. The summed E-state index contributed by atoms with van der Waals surface area (Å²) >= 11 is 12.9. The lowest BCUT2D eigenvalue weighted by Gasteiger charge is -2.24. The van der Waals surface area contributed by atoms with Crippen molar-refractivity contribution >= 4 is 52.5 Å². The van der Waals surface area contributed by atoms with Crippen molar-refractivity contribution in [3.63, 3.8) is 0 Å². The predicted octanol–water partition coefficient (Wildman–Crippen LogP) is 2.60. The third-order valence-electron chi connectivity index (χ3n) is 2.11. The Kier molecular flexibility index (Phi) is 3.42. The lowest BCUT2D eigenvalue weighted by atomic mass is 10.2. The molecule has 1 aliphatic rings. The Morgan fingerprint density at radius 2 is 1.69 bits per heavy atom. The van der Waals surface area contributed by atoms with Crippen LogP contribution in [0.25, 0.3) is 0 Å². The molecule has 1 aromatic carbocycles. The average Bonchev–Trinajstić information content (AvgIpc) is 2.23. The van der Waals surface area contributed by atoms with Crippen LogP contribution < -0.4 is 4.90 Å². The van der Waals surface area contributed by atoms with Gasteiger partial charge in [0.05, 0.1) is 27.2 Å². The number of halogens is 2. The third kappa shape index (κ3) is 2.19. The minimum absolute atomic E-state index is 0.223. The molecule has 2 amide bonds. The normalized spacial score (nSPS) is 16.8. The van der Waals surface area contributed by atoms with E-state index in [9.17, 15) is 9.59 Å². The molecule has 2 rings (SSSR count). The number of rotatable bonds is 1. The molecule has 84 valence electrons. The van der Waals surface area contributed by atoms with Gasteiger partial charge in [-0.05, 0) is 18.2 Å². The van der Waals surface area contributed by atoms with E-state index in [0.717, 1.165) is 4.90 Å². The maximum atomic E-state index is 11.6. The van der Waals surface area contributed by atoms with E-state index < -0.39 is 0 Å². The highest BCUT2D eigenvalue weighted by Crippen LogP contribution is 2.29. The SMILES string of the molecule is O=C1CSCC(=O)N1c1ccc(Cl)c(Cl)c1. The molecule has 0 aromatic heterocycles. The first-order chi connectivity index (χ1) is 7.59. The van der Waals surface area contributed by atoms with E-state index >= 15 is 0 Å². The molecule has 6 heteroatoms. The number of anilines is 1. The fourth-order valence-electron chi connectivity index (χ4n) is 1.41. The number of hydrogen-bond acceptors (Lipinski definition) is 3. The Labute approximate surface area is 107 Å². The maximum Gasteiger partial charge on any atom is 0.243 e. The summed E-state index contributed by atoms with van der Waals surface area (Å²) < 4.78 is 0. The van der Waals surface area contributed by atoms with Gasteiger partial charge in [0.15, 0.2) is 0 Å². The van der Waals surface area contributed by atoms with Crippen LogP contribution >= 0.6 is 35.0 Å². The number of hydrogen-bond donors (Lipinski definition) is 0. The highest BCUT2D eigenvalue weighted by Gasteiger charge is 2.27. The van der Waals surface area contributed by atoms with Crippen LogP contribution in [0, 0.1) is 0 Å². The molecular weight excluding hydrogens is 269 g/mol. The number of benzene rings is 1. The largest absolute Gasteiger partial charge is 0.273 e. The van der Waals surface area contributed by atoms with E-state index in [2.05, 4.69) is 0 Å². The molecule has 16 heavy (non-hydrogen) atoms. The van der Waals surface area contributed by atoms with Gasteiger partial charge in [0, 0.05) is 0 Å². The van der Waals surface area contributed by atoms with Crippen LogP contribution in [0.5, 0.6) is 0 Å². The van der Waals surface area contributed by atoms with Crippen molar-refractivity contribution in [3.05, 3.63) is 28.2 Å². The quantitative estimate of drug-likeness (QED) is 0.740. The molecular formula is C10H7Cl2NO2S. The van der Waals surface area contributed by atoms with E-state index in [1.54, 1.807) is 12.1 Å². The van der Waals surface area contributed by atoms with Crippen LogP contribution in [-0.4, -0.2) is 23.3 Å². The van der Waals surface area contributed by atoms with Crippen molar-refractivity contribution in [1.29, 1.82) is 0 Å². The van der Waals surface area contributed by atoms with Gasteiger partial charge in [-0.15, -0.1) is 11.8 Å². The summed E-state index contributed by atoms with van der Waals surface area (Å²) in [5.74, 6) is 0.178. The molecule has 0 spiro atoms. The molecule has 0 N–H and O–H groups in total. The fourth-order valence-corrected chi connectivity index (χ4v) is 2.41. The van der Waals surface area contributed by atoms with Crippen molar-refractivity contribution in [1.82, 2.24) is 0 Å². The standard InChI is InChI=1S/C10H7Cl2NO2S/c11-7-2-1-6(3-8(7)12)13-9(14)4-16-5-10(13)15/h1-3H,4-5H2. The minimum atomic E-state index is -0.223. The molecule has 0 aliphatic carbocycles. The Morgan fingerprint density at radius 1 is 1.06 bits per heavy atom. The second-order valence-electron chi connectivity index (χ2n) is 3.21. The molecule has 0 unspecified atom stereocenters. The van der Waals surface area contributed by atoms with Gasteiger partial charge in [-0.3, -0.25) is 9.59 Å². The number of carbonyl (C=O) groups is 2. The number of amides is 2. The van der Waals surface area contributed by atoms with Crippen molar-refractivity contribution in [2.24, 2.45) is 0 Å². The van der Waals surface area contributed by atoms with E-state index in [-0.39, 0.29) is 11.8 Å². The predicted molar refractivity (Wildman–Crippen MR) is 66.3 cm³/mol. The maximum absolute atomic E-state index is 11.6. The molecule has 0 atom stereocenters. The smallest absolute Gasteiger partial charge is 0.243 e. The first-order valence-electron chi connectivity index (χ1n) is 4.48. The van der Waals surface area contributed by atoms with Crippen LogP contribution in [0.4, 0.5) is 5.69 Å². The molecule has 1 aliphatic heterocycles. The van der Waals surface area contributed by atoms with Crippen molar-refractivity contribution in [2.75, 3.05) is 16.4 Å². The van der Waals surface area contributed by atoms with Crippen LogP contribution in [-0.2, 0) is 9.59 Å². The van der Waals surface area contributed by atoms with E-state index in [1.165, 1.54) is 17.8 Å². The lowest BCUT2D eigenvalue weighted by molar-refractivity contribution is -0.124. The average molecular weight is 276 g/mol. The number of imide groups is 1. The second kappa shape index (κ2) is 4.65. The zero-order valence-electron chi connectivity index (χ0n) is 8.07. The van der Waals surface area contributed by atoms with Gasteiger partial charge in [-0.25, -0.2) is 4.90 Å². The molecule has 0 bridgehead atoms. The third-order valence-corrected chi connectivity index (χ3v) is 3.75. The summed E-state index contributed by atoms with van der Waals surface area (Å²) in [5.41, 5.74) is 0.477. The second-order valence-corrected chi connectivity index (χ2v) is 5.01.